The minimum absolute atomic E-state index is 0.290. The average Bonchev–Trinajstić information content (AvgIpc) is 2.37. The molecule has 0 bridgehead atoms. The molecule has 0 amide bonds. The molecule has 124 valence electrons. The van der Waals surface area contributed by atoms with E-state index in [0.29, 0.717) is 18.2 Å². The summed E-state index contributed by atoms with van der Waals surface area (Å²) in [6.07, 6.45) is -8.70. The van der Waals surface area contributed by atoms with E-state index in [1.165, 1.54) is 0 Å². The fourth-order valence-corrected chi connectivity index (χ4v) is 3.52. The van der Waals surface area contributed by atoms with Gasteiger partial charge in [-0.3, -0.25) is 4.79 Å². The van der Waals surface area contributed by atoms with Crippen LogP contribution < -0.4 is 5.56 Å². The van der Waals surface area contributed by atoms with Crippen LogP contribution in [0.5, 0.6) is 0 Å². The smallest absolute Gasteiger partial charge is 0.329 e. The van der Waals surface area contributed by atoms with E-state index in [-0.39, 0.29) is 14.5 Å². The van der Waals surface area contributed by atoms with Gasteiger partial charge < -0.3 is 4.98 Å². The molecule has 10 heteroatoms. The van der Waals surface area contributed by atoms with Crippen LogP contribution in [0.2, 0.25) is 0 Å². The lowest BCUT2D eigenvalue weighted by Crippen LogP contribution is -2.18. The van der Waals surface area contributed by atoms with Crippen molar-refractivity contribution in [3.63, 3.8) is 0 Å². The number of hydrogen-bond donors (Lipinski definition) is 1. The first-order valence-electron chi connectivity index (χ1n) is 5.78. The standard InChI is InChI=1S/C13H5Br2F6NO/c14-7-3-5(12(16,17)18)4-8(15)10(7)9-6(13(19,20)21)1-2-22-11(9)23/h1-4H,(H,22,23). The van der Waals surface area contributed by atoms with Gasteiger partial charge in [-0.1, -0.05) is 31.9 Å². The number of hydrogen-bond acceptors (Lipinski definition) is 1. The molecular weight excluding hydrogens is 460 g/mol. The van der Waals surface area contributed by atoms with Crippen molar-refractivity contribution in [3.8, 4) is 11.1 Å². The van der Waals surface area contributed by atoms with E-state index < -0.39 is 34.6 Å². The van der Waals surface area contributed by atoms with Crippen LogP contribution in [0.3, 0.4) is 0 Å². The van der Waals surface area contributed by atoms with E-state index in [1.807, 2.05) is 0 Å². The number of aromatic amines is 1. The van der Waals surface area contributed by atoms with Crippen LogP contribution in [0.15, 0.2) is 38.1 Å². The van der Waals surface area contributed by atoms with E-state index in [4.69, 9.17) is 0 Å². The van der Waals surface area contributed by atoms with Crippen molar-refractivity contribution in [2.24, 2.45) is 0 Å². The first-order chi connectivity index (χ1) is 10.4. The summed E-state index contributed by atoms with van der Waals surface area (Å²) in [5, 5.41) is 0. The molecule has 0 aliphatic rings. The SMILES string of the molecule is O=c1[nH]ccc(C(F)(F)F)c1-c1c(Br)cc(C(F)(F)F)cc1Br. The van der Waals surface area contributed by atoms with Gasteiger partial charge in [0, 0.05) is 20.7 Å². The van der Waals surface area contributed by atoms with Crippen molar-refractivity contribution < 1.29 is 26.3 Å². The van der Waals surface area contributed by atoms with Crippen LogP contribution in [0.1, 0.15) is 11.1 Å². The molecule has 2 aromatic rings. The van der Waals surface area contributed by atoms with Gasteiger partial charge in [0.2, 0.25) is 0 Å². The van der Waals surface area contributed by atoms with Crippen LogP contribution in [-0.2, 0) is 12.4 Å². The second-order valence-corrected chi connectivity index (χ2v) is 6.11. The summed E-state index contributed by atoms with van der Waals surface area (Å²) < 4.78 is 76.9. The largest absolute Gasteiger partial charge is 0.417 e. The fourth-order valence-electron chi connectivity index (χ4n) is 1.94. The minimum Gasteiger partial charge on any atom is -0.329 e. The number of aromatic nitrogens is 1. The van der Waals surface area contributed by atoms with Crippen LogP contribution in [0, 0.1) is 0 Å². The summed E-state index contributed by atoms with van der Waals surface area (Å²) in [6.45, 7) is 0. The molecule has 0 saturated heterocycles. The number of nitrogens with one attached hydrogen (secondary N) is 1. The molecule has 2 rings (SSSR count). The van der Waals surface area contributed by atoms with Gasteiger partial charge in [-0.25, -0.2) is 0 Å². The second kappa shape index (κ2) is 5.97. The molecule has 0 atom stereocenters. The Morgan fingerprint density at radius 1 is 0.870 bits per heavy atom. The molecule has 23 heavy (non-hydrogen) atoms. The summed E-state index contributed by atoms with van der Waals surface area (Å²) in [7, 11) is 0. The molecule has 1 aromatic carbocycles. The van der Waals surface area contributed by atoms with Crippen molar-refractivity contribution in [2.45, 2.75) is 12.4 Å². The molecule has 2 nitrogen and oxygen atoms in total. The highest BCUT2D eigenvalue weighted by atomic mass is 79.9. The monoisotopic (exact) mass is 463 g/mol. The molecular formula is C13H5Br2F6NO. The van der Waals surface area contributed by atoms with E-state index in [9.17, 15) is 31.1 Å². The maximum absolute atomic E-state index is 13.1. The summed E-state index contributed by atoms with van der Waals surface area (Å²) in [5.74, 6) is 0. The van der Waals surface area contributed by atoms with Gasteiger partial charge in [0.1, 0.15) is 0 Å². The highest BCUT2D eigenvalue weighted by Crippen LogP contribution is 2.43. The quantitative estimate of drug-likeness (QED) is 0.547. The summed E-state index contributed by atoms with van der Waals surface area (Å²) in [6, 6.07) is 1.88. The highest BCUT2D eigenvalue weighted by Gasteiger charge is 2.37. The molecule has 0 unspecified atom stereocenters. The number of H-pyrrole nitrogens is 1. The Bertz CT molecular complexity index is 786. The lowest BCUT2D eigenvalue weighted by atomic mass is 10.00. The Morgan fingerprint density at radius 2 is 1.39 bits per heavy atom. The zero-order valence-electron chi connectivity index (χ0n) is 10.7. The second-order valence-electron chi connectivity index (χ2n) is 4.41. The van der Waals surface area contributed by atoms with E-state index in [1.54, 1.807) is 0 Å². The maximum Gasteiger partial charge on any atom is 0.417 e. The predicted octanol–water partition coefficient (Wildman–Crippen LogP) is 5.60. The Hall–Kier alpha value is -1.29. The third kappa shape index (κ3) is 3.63. The Morgan fingerprint density at radius 3 is 1.83 bits per heavy atom. The van der Waals surface area contributed by atoms with Crippen molar-refractivity contribution in [3.05, 3.63) is 54.8 Å². The van der Waals surface area contributed by atoms with Gasteiger partial charge in [-0.05, 0) is 18.2 Å². The lowest BCUT2D eigenvalue weighted by Gasteiger charge is -2.16. The topological polar surface area (TPSA) is 32.9 Å². The summed E-state index contributed by atoms with van der Waals surface area (Å²) >= 11 is 5.62. The third-order valence-electron chi connectivity index (χ3n) is 2.89. The van der Waals surface area contributed by atoms with Gasteiger partial charge in [0.05, 0.1) is 16.7 Å². The Kier molecular flexibility index (Phi) is 4.69. The fraction of sp³-hybridized carbons (Fsp3) is 0.154. The van der Waals surface area contributed by atoms with Gasteiger partial charge >= 0.3 is 12.4 Å². The van der Waals surface area contributed by atoms with E-state index >= 15 is 0 Å². The normalized spacial score (nSPS) is 12.5. The first kappa shape index (κ1) is 18.1. The number of halogens is 8. The summed E-state index contributed by atoms with van der Waals surface area (Å²) in [5.41, 5.74) is -4.47. The van der Waals surface area contributed by atoms with Crippen LogP contribution >= 0.6 is 31.9 Å². The van der Waals surface area contributed by atoms with Gasteiger partial charge in [-0.2, -0.15) is 26.3 Å². The summed E-state index contributed by atoms with van der Waals surface area (Å²) in [4.78, 5) is 13.9. The van der Waals surface area contributed by atoms with Gasteiger partial charge in [-0.15, -0.1) is 0 Å². The van der Waals surface area contributed by atoms with Crippen LogP contribution in [0.4, 0.5) is 26.3 Å². The zero-order chi connectivity index (χ0) is 17.6. The molecule has 0 radical (unpaired) electrons. The van der Waals surface area contributed by atoms with Crippen LogP contribution in [0.25, 0.3) is 11.1 Å². The number of benzene rings is 1. The van der Waals surface area contributed by atoms with Crippen LogP contribution in [-0.4, -0.2) is 4.98 Å². The van der Waals surface area contributed by atoms with Gasteiger partial charge in [0.25, 0.3) is 5.56 Å². The molecule has 0 aliphatic heterocycles. The number of alkyl halides is 6. The minimum atomic E-state index is -4.84. The van der Waals surface area contributed by atoms with E-state index in [2.05, 4.69) is 36.8 Å². The molecule has 0 fully saturated rings. The Balaban J connectivity index is 2.82. The predicted molar refractivity (Wildman–Crippen MR) is 77.9 cm³/mol. The number of pyridine rings is 1. The number of rotatable bonds is 1. The van der Waals surface area contributed by atoms with Crippen molar-refractivity contribution >= 4 is 31.9 Å². The molecule has 0 spiro atoms. The first-order valence-corrected chi connectivity index (χ1v) is 7.37. The molecule has 0 aliphatic carbocycles. The maximum atomic E-state index is 13.1. The van der Waals surface area contributed by atoms with Gasteiger partial charge in [0.15, 0.2) is 0 Å². The zero-order valence-corrected chi connectivity index (χ0v) is 13.9. The lowest BCUT2D eigenvalue weighted by molar-refractivity contribution is -0.138. The molecule has 1 heterocycles. The van der Waals surface area contributed by atoms with Crippen molar-refractivity contribution in [1.29, 1.82) is 0 Å². The average molecular weight is 465 g/mol. The third-order valence-corrected chi connectivity index (χ3v) is 4.14. The van der Waals surface area contributed by atoms with E-state index in [0.717, 1.165) is 6.20 Å². The molecule has 1 aromatic heterocycles. The molecule has 0 saturated carbocycles. The highest BCUT2D eigenvalue weighted by molar-refractivity contribution is 9.11. The molecule has 1 N–H and O–H groups in total. The van der Waals surface area contributed by atoms with Crippen molar-refractivity contribution in [2.75, 3.05) is 0 Å². The Labute approximate surface area is 141 Å². The van der Waals surface area contributed by atoms with Crippen molar-refractivity contribution in [1.82, 2.24) is 4.98 Å².